The molecule has 12 heteroatoms. The molecule has 0 unspecified atom stereocenters. The molecule has 0 spiro atoms. The van der Waals surface area contributed by atoms with E-state index in [0.29, 0.717) is 6.61 Å². The maximum atomic E-state index is 14.7. The number of amides is 1. The van der Waals surface area contributed by atoms with Gasteiger partial charge in [-0.3, -0.25) is 9.10 Å². The van der Waals surface area contributed by atoms with E-state index in [0.717, 1.165) is 27.8 Å². The minimum Gasteiger partial charge on any atom is -0.494 e. The second-order valence-corrected chi connectivity index (χ2v) is 10.6. The molecule has 3 rings (SSSR count). The van der Waals surface area contributed by atoms with Gasteiger partial charge >= 0.3 is 5.97 Å². The molecule has 1 N–H and O–H groups in total. The van der Waals surface area contributed by atoms with Crippen molar-refractivity contribution in [2.24, 2.45) is 0 Å². The van der Waals surface area contributed by atoms with Crippen molar-refractivity contribution >= 4 is 56.2 Å². The molecule has 0 saturated carbocycles. The normalized spacial score (nSPS) is 11.1. The molecule has 0 aliphatic carbocycles. The van der Waals surface area contributed by atoms with Crippen molar-refractivity contribution in [3.8, 4) is 5.75 Å². The number of benzene rings is 2. The van der Waals surface area contributed by atoms with Crippen LogP contribution in [-0.4, -0.2) is 40.6 Å². The van der Waals surface area contributed by atoms with E-state index in [2.05, 4.69) is 5.32 Å². The Morgan fingerprint density at radius 2 is 1.86 bits per heavy atom. The van der Waals surface area contributed by atoms with Crippen molar-refractivity contribution in [3.63, 3.8) is 0 Å². The molecule has 1 amide bonds. The van der Waals surface area contributed by atoms with Gasteiger partial charge in [-0.15, -0.1) is 11.3 Å². The van der Waals surface area contributed by atoms with Crippen LogP contribution < -0.4 is 14.4 Å². The number of carbonyl (C=O) groups excluding carboxylic acids is 2. The molecule has 0 fully saturated rings. The van der Waals surface area contributed by atoms with Gasteiger partial charge in [0.25, 0.3) is 15.9 Å². The van der Waals surface area contributed by atoms with E-state index < -0.39 is 27.7 Å². The largest absolute Gasteiger partial charge is 0.494 e. The topological polar surface area (TPSA) is 102 Å². The molecular weight excluding hydrogens is 519 g/mol. The van der Waals surface area contributed by atoms with Gasteiger partial charge in [0.15, 0.2) is 5.82 Å². The van der Waals surface area contributed by atoms with Crippen LogP contribution in [0.4, 0.5) is 15.8 Å². The first-order valence-electron chi connectivity index (χ1n) is 10.4. The van der Waals surface area contributed by atoms with Gasteiger partial charge < -0.3 is 14.8 Å². The summed E-state index contributed by atoms with van der Waals surface area (Å²) in [5.41, 5.74) is 0.232. The Balaban J connectivity index is 1.91. The van der Waals surface area contributed by atoms with Gasteiger partial charge in [-0.05, 0) is 50.2 Å². The van der Waals surface area contributed by atoms with Crippen molar-refractivity contribution in [2.75, 3.05) is 29.9 Å². The number of nitrogens with zero attached hydrogens (tertiary/aromatic N) is 1. The maximum Gasteiger partial charge on any atom is 0.338 e. The molecule has 1 heterocycles. The first-order valence-corrected chi connectivity index (χ1v) is 13.0. The van der Waals surface area contributed by atoms with E-state index in [1.807, 2.05) is 0 Å². The second-order valence-electron chi connectivity index (χ2n) is 7.02. The molecule has 1 aromatic heterocycles. The fourth-order valence-electron chi connectivity index (χ4n) is 3.10. The maximum absolute atomic E-state index is 14.7. The quantitative estimate of drug-likeness (QED) is 0.375. The third-order valence-electron chi connectivity index (χ3n) is 4.71. The van der Waals surface area contributed by atoms with Crippen molar-refractivity contribution < 1.29 is 31.9 Å². The summed E-state index contributed by atoms with van der Waals surface area (Å²) in [4.78, 5) is 24.4. The van der Waals surface area contributed by atoms with E-state index in [-0.39, 0.29) is 43.4 Å². The van der Waals surface area contributed by atoms with Crippen LogP contribution in [0.2, 0.25) is 4.34 Å². The molecule has 2 aromatic carbocycles. The minimum absolute atomic E-state index is 0.0505. The molecule has 3 aromatic rings. The molecule has 0 aliphatic heterocycles. The van der Waals surface area contributed by atoms with E-state index in [1.54, 1.807) is 19.9 Å². The number of esters is 1. The molecule has 0 bridgehead atoms. The summed E-state index contributed by atoms with van der Waals surface area (Å²) in [5, 5.41) is 2.56. The summed E-state index contributed by atoms with van der Waals surface area (Å²) < 4.78 is 52.3. The number of nitrogens with one attached hydrogen (secondary N) is 1. The molecule has 186 valence electrons. The van der Waals surface area contributed by atoms with Gasteiger partial charge in [0.2, 0.25) is 0 Å². The van der Waals surface area contributed by atoms with Gasteiger partial charge in [0.05, 0.1) is 28.8 Å². The van der Waals surface area contributed by atoms with Crippen molar-refractivity contribution in [1.29, 1.82) is 0 Å². The predicted octanol–water partition coefficient (Wildman–Crippen LogP) is 5.19. The Hall–Kier alpha value is -3.15. The van der Waals surface area contributed by atoms with Crippen LogP contribution >= 0.6 is 22.9 Å². The molecule has 0 radical (unpaired) electrons. The Morgan fingerprint density at radius 3 is 2.51 bits per heavy atom. The number of anilines is 2. The van der Waals surface area contributed by atoms with Gasteiger partial charge in [-0.1, -0.05) is 17.7 Å². The lowest BCUT2D eigenvalue weighted by atomic mass is 10.2. The van der Waals surface area contributed by atoms with Gasteiger partial charge in [0, 0.05) is 18.8 Å². The van der Waals surface area contributed by atoms with E-state index in [9.17, 15) is 22.4 Å². The average molecular weight is 541 g/mol. The summed E-state index contributed by atoms with van der Waals surface area (Å²) in [5.74, 6) is -1.89. The number of carbonyl (C=O) groups is 2. The van der Waals surface area contributed by atoms with Gasteiger partial charge in [-0.2, -0.15) is 0 Å². The highest BCUT2D eigenvalue weighted by molar-refractivity contribution is 7.93. The molecule has 0 saturated heterocycles. The first-order chi connectivity index (χ1) is 16.6. The number of ether oxygens (including phenoxy) is 2. The number of hydrogen-bond donors (Lipinski definition) is 1. The van der Waals surface area contributed by atoms with Crippen molar-refractivity contribution in [1.82, 2.24) is 0 Å². The highest BCUT2D eigenvalue weighted by Crippen LogP contribution is 2.35. The molecule has 0 aliphatic rings. The SMILES string of the molecule is CCOC(=O)c1cccc(NC(=O)c2sc(Cl)cc2S(=O)(=O)N(C)c2ccc(OCC)cc2F)c1. The third kappa shape index (κ3) is 5.92. The zero-order chi connectivity index (χ0) is 25.8. The van der Waals surface area contributed by atoms with Crippen LogP contribution in [0.3, 0.4) is 0 Å². The lowest BCUT2D eigenvalue weighted by Gasteiger charge is -2.20. The fourth-order valence-corrected chi connectivity index (χ4v) is 5.99. The van der Waals surface area contributed by atoms with E-state index in [4.69, 9.17) is 21.1 Å². The van der Waals surface area contributed by atoms with E-state index in [1.165, 1.54) is 37.4 Å². The lowest BCUT2D eigenvalue weighted by molar-refractivity contribution is 0.0526. The Morgan fingerprint density at radius 1 is 1.11 bits per heavy atom. The van der Waals surface area contributed by atoms with Gasteiger partial charge in [0.1, 0.15) is 15.5 Å². The van der Waals surface area contributed by atoms with Crippen LogP contribution in [0.5, 0.6) is 5.75 Å². The predicted molar refractivity (Wildman–Crippen MR) is 133 cm³/mol. The molecular formula is C23H22ClFN2O6S2. The van der Waals surface area contributed by atoms with Crippen molar-refractivity contribution in [2.45, 2.75) is 18.7 Å². The highest BCUT2D eigenvalue weighted by Gasteiger charge is 2.31. The molecule has 8 nitrogen and oxygen atoms in total. The molecule has 0 atom stereocenters. The number of halogens is 2. The Labute approximate surface area is 211 Å². The zero-order valence-electron chi connectivity index (χ0n) is 19.0. The second kappa shape index (κ2) is 11.1. The lowest BCUT2D eigenvalue weighted by Crippen LogP contribution is -2.28. The van der Waals surface area contributed by atoms with Crippen LogP contribution in [0.15, 0.2) is 53.4 Å². The Kier molecular flexibility index (Phi) is 8.36. The minimum atomic E-state index is -4.37. The number of hydrogen-bond acceptors (Lipinski definition) is 7. The van der Waals surface area contributed by atoms with Gasteiger partial charge in [-0.25, -0.2) is 17.6 Å². The molecule has 35 heavy (non-hydrogen) atoms. The summed E-state index contributed by atoms with van der Waals surface area (Å²) in [6.45, 7) is 3.92. The standard InChI is InChI=1S/C23H22ClFN2O6S2/c1-4-32-16-9-10-18(17(25)12-16)27(3)35(30,31)19-13-20(24)34-21(19)22(28)26-15-8-6-7-14(11-15)23(29)33-5-2/h6-13H,4-5H2,1-3H3,(H,26,28). The summed E-state index contributed by atoms with van der Waals surface area (Å²) in [7, 11) is -3.20. The average Bonchev–Trinajstić information content (AvgIpc) is 3.22. The fraction of sp³-hybridized carbons (Fsp3) is 0.217. The summed E-state index contributed by atoms with van der Waals surface area (Å²) in [6.07, 6.45) is 0. The monoisotopic (exact) mass is 540 g/mol. The number of thiophene rings is 1. The summed E-state index contributed by atoms with van der Waals surface area (Å²) in [6, 6.07) is 10.9. The number of sulfonamides is 1. The van der Waals surface area contributed by atoms with E-state index >= 15 is 0 Å². The highest BCUT2D eigenvalue weighted by atomic mass is 35.5. The number of rotatable bonds is 9. The summed E-state index contributed by atoms with van der Waals surface area (Å²) >= 11 is 6.82. The van der Waals surface area contributed by atoms with Crippen LogP contribution in [-0.2, 0) is 14.8 Å². The van der Waals surface area contributed by atoms with Crippen molar-refractivity contribution in [3.05, 3.63) is 69.1 Å². The third-order valence-corrected chi connectivity index (χ3v) is 7.90. The van der Waals surface area contributed by atoms with Crippen LogP contribution in [0.1, 0.15) is 33.9 Å². The Bertz CT molecular complexity index is 1360. The van der Waals surface area contributed by atoms with Crippen LogP contribution in [0.25, 0.3) is 0 Å². The van der Waals surface area contributed by atoms with Crippen LogP contribution in [0, 0.1) is 5.82 Å². The smallest absolute Gasteiger partial charge is 0.338 e. The zero-order valence-corrected chi connectivity index (χ0v) is 21.4. The first kappa shape index (κ1) is 26.5.